The third-order valence-electron chi connectivity index (χ3n) is 8.72. The van der Waals surface area contributed by atoms with E-state index in [1.807, 2.05) is 0 Å². The van der Waals surface area contributed by atoms with Crippen LogP contribution in [0.4, 0.5) is 0 Å². The van der Waals surface area contributed by atoms with Gasteiger partial charge in [-0.1, -0.05) is 117 Å². The second-order valence-electron chi connectivity index (χ2n) is 13.8. The van der Waals surface area contributed by atoms with Gasteiger partial charge in [-0.15, -0.1) is 0 Å². The molecule has 0 heterocycles. The van der Waals surface area contributed by atoms with Crippen molar-refractivity contribution in [2.45, 2.75) is 180 Å². The fraction of sp³-hybridized carbons (Fsp3) is 0.925. The Kier molecular flexibility index (Phi) is 38.7. The molecule has 0 aromatic heterocycles. The number of carbonyl (C=O) groups is 3. The van der Waals surface area contributed by atoms with Crippen molar-refractivity contribution in [3.63, 3.8) is 0 Å². The molecule has 0 bridgehead atoms. The molecule has 5 N–H and O–H groups in total. The molecular formula is C40H79N3O7S. The molecule has 10 nitrogen and oxygen atoms in total. The van der Waals surface area contributed by atoms with E-state index in [4.69, 9.17) is 30.4 Å². The van der Waals surface area contributed by atoms with Crippen molar-refractivity contribution in [1.29, 1.82) is 0 Å². The molecule has 0 aliphatic heterocycles. The van der Waals surface area contributed by atoms with E-state index < -0.39 is 12.1 Å². The van der Waals surface area contributed by atoms with E-state index in [1.165, 1.54) is 88.8 Å². The summed E-state index contributed by atoms with van der Waals surface area (Å²) < 4.78 is 22.4. The zero-order valence-electron chi connectivity index (χ0n) is 32.9. The first-order chi connectivity index (χ1) is 24.9. The lowest BCUT2D eigenvalue weighted by molar-refractivity contribution is -0.157. The van der Waals surface area contributed by atoms with Crippen molar-refractivity contribution in [3.8, 4) is 0 Å². The van der Waals surface area contributed by atoms with Gasteiger partial charge in [0, 0.05) is 57.3 Å². The van der Waals surface area contributed by atoms with E-state index in [-0.39, 0.29) is 24.5 Å². The van der Waals surface area contributed by atoms with Crippen molar-refractivity contribution in [2.75, 3.05) is 57.6 Å². The molecule has 2 atom stereocenters. The number of hydrogen-bond donors (Lipinski definition) is 3. The van der Waals surface area contributed by atoms with E-state index in [2.05, 4.69) is 19.2 Å². The summed E-state index contributed by atoms with van der Waals surface area (Å²) in [4.78, 5) is 37.7. The Balaban J connectivity index is 4.39. The first kappa shape index (κ1) is 49.6. The highest BCUT2D eigenvalue weighted by atomic mass is 32.2. The average Bonchev–Trinajstić information content (AvgIpc) is 3.12. The maximum absolute atomic E-state index is 12.7. The minimum Gasteiger partial charge on any atom is -0.462 e. The Bertz CT molecular complexity index is 793. The van der Waals surface area contributed by atoms with Gasteiger partial charge < -0.3 is 35.7 Å². The number of nitrogens with one attached hydrogen (secondary N) is 1. The minimum absolute atomic E-state index is 0.0233. The van der Waals surface area contributed by atoms with Crippen molar-refractivity contribution in [3.05, 3.63) is 0 Å². The van der Waals surface area contributed by atoms with Crippen molar-refractivity contribution in [2.24, 2.45) is 11.5 Å². The van der Waals surface area contributed by atoms with Gasteiger partial charge in [0.2, 0.25) is 5.91 Å². The quantitative estimate of drug-likeness (QED) is 0.0415. The van der Waals surface area contributed by atoms with Gasteiger partial charge in [0.1, 0.15) is 12.7 Å². The molecule has 0 radical (unpaired) electrons. The normalized spacial score (nSPS) is 12.5. The second-order valence-corrected chi connectivity index (χ2v) is 14.9. The van der Waals surface area contributed by atoms with E-state index in [9.17, 15) is 14.4 Å². The van der Waals surface area contributed by atoms with Gasteiger partial charge in [-0.2, -0.15) is 11.8 Å². The Morgan fingerprint density at radius 2 is 1.06 bits per heavy atom. The molecule has 0 aromatic carbocycles. The van der Waals surface area contributed by atoms with Gasteiger partial charge in [-0.05, 0) is 45.1 Å². The molecule has 51 heavy (non-hydrogen) atoms. The molecular weight excluding hydrogens is 667 g/mol. The Hall–Kier alpha value is -1.40. The lowest BCUT2D eigenvalue weighted by Gasteiger charge is -2.19. The molecule has 0 aromatic rings. The van der Waals surface area contributed by atoms with Crippen LogP contribution in [-0.2, 0) is 33.3 Å². The van der Waals surface area contributed by atoms with Gasteiger partial charge in [-0.3, -0.25) is 14.4 Å². The molecule has 0 saturated carbocycles. The van der Waals surface area contributed by atoms with Crippen LogP contribution in [0.5, 0.6) is 0 Å². The van der Waals surface area contributed by atoms with Crippen LogP contribution in [0, 0.1) is 0 Å². The van der Waals surface area contributed by atoms with Gasteiger partial charge in [0.25, 0.3) is 0 Å². The molecule has 11 heteroatoms. The predicted molar refractivity (Wildman–Crippen MR) is 212 cm³/mol. The molecule has 0 saturated heterocycles. The molecule has 0 unspecified atom stereocenters. The van der Waals surface area contributed by atoms with Gasteiger partial charge in [-0.25, -0.2) is 0 Å². The van der Waals surface area contributed by atoms with Crippen LogP contribution in [0.2, 0.25) is 0 Å². The van der Waals surface area contributed by atoms with Crippen molar-refractivity contribution >= 4 is 29.6 Å². The van der Waals surface area contributed by atoms with Gasteiger partial charge in [0.05, 0.1) is 6.04 Å². The van der Waals surface area contributed by atoms with Crippen molar-refractivity contribution < 1.29 is 33.3 Å². The SMILES string of the molecule is CCCCCCCCCCCC(=O)OC[C@H](CSC[C@H](N)C(=O)NCCCOCCCCOCCCN)OC(=O)CCCCCCCCCCC. The number of hydrogen-bond acceptors (Lipinski definition) is 10. The standard InChI is InChI=1S/C40H79N3O7S/c1-3-5-7-9-11-13-15-17-19-25-38(44)49-33-36(50-39(45)26-20-18-16-14-12-10-8-6-4-2)34-51-35-37(42)40(46)43-28-24-32-48-30-22-21-29-47-31-23-27-41/h36-37H,3-35,41-42H2,1-2H3,(H,43,46)/t36-,37+/m1/s1. The molecule has 0 aliphatic carbocycles. The highest BCUT2D eigenvalue weighted by molar-refractivity contribution is 7.99. The second kappa shape index (κ2) is 39.8. The summed E-state index contributed by atoms with van der Waals surface area (Å²) in [5, 5.41) is 2.87. The number of thioether (sulfide) groups is 1. The van der Waals surface area contributed by atoms with Crippen LogP contribution >= 0.6 is 11.8 Å². The Morgan fingerprint density at radius 1 is 0.588 bits per heavy atom. The van der Waals surface area contributed by atoms with E-state index in [1.54, 1.807) is 0 Å². The number of rotatable bonds is 40. The maximum Gasteiger partial charge on any atom is 0.306 e. The molecule has 1 amide bonds. The zero-order valence-corrected chi connectivity index (χ0v) is 33.7. The maximum atomic E-state index is 12.7. The van der Waals surface area contributed by atoms with E-state index in [0.717, 1.165) is 64.4 Å². The van der Waals surface area contributed by atoms with Gasteiger partial charge >= 0.3 is 11.9 Å². The van der Waals surface area contributed by atoms with Crippen LogP contribution in [0.15, 0.2) is 0 Å². The van der Waals surface area contributed by atoms with E-state index >= 15 is 0 Å². The molecule has 0 aliphatic rings. The summed E-state index contributed by atoms with van der Waals surface area (Å²) in [6, 6.07) is -0.692. The summed E-state index contributed by atoms with van der Waals surface area (Å²) in [5.74, 6) is 0.0354. The lowest BCUT2D eigenvalue weighted by Crippen LogP contribution is -2.43. The smallest absolute Gasteiger partial charge is 0.306 e. The summed E-state index contributed by atoms with van der Waals surface area (Å²) in [5.41, 5.74) is 11.6. The molecule has 0 fully saturated rings. The topological polar surface area (TPSA) is 152 Å². The first-order valence-corrected chi connectivity index (χ1v) is 21.9. The molecule has 0 rings (SSSR count). The van der Waals surface area contributed by atoms with Crippen molar-refractivity contribution in [1.82, 2.24) is 5.32 Å². The van der Waals surface area contributed by atoms with Crippen LogP contribution in [0.25, 0.3) is 0 Å². The number of nitrogens with two attached hydrogens (primary N) is 2. The summed E-state index contributed by atoms with van der Waals surface area (Å²) in [7, 11) is 0. The number of esters is 2. The van der Waals surface area contributed by atoms with Gasteiger partial charge in [0.15, 0.2) is 0 Å². The Morgan fingerprint density at radius 3 is 1.59 bits per heavy atom. The third kappa shape index (κ3) is 36.7. The minimum atomic E-state index is -0.692. The van der Waals surface area contributed by atoms with Crippen LogP contribution in [0.1, 0.15) is 168 Å². The summed E-state index contributed by atoms with van der Waals surface area (Å²) in [6.45, 7) is 8.30. The number of amides is 1. The summed E-state index contributed by atoms with van der Waals surface area (Å²) in [6.07, 6.45) is 24.9. The summed E-state index contributed by atoms with van der Waals surface area (Å²) >= 11 is 1.43. The highest BCUT2D eigenvalue weighted by Gasteiger charge is 2.20. The third-order valence-corrected chi connectivity index (χ3v) is 9.92. The largest absolute Gasteiger partial charge is 0.462 e. The van der Waals surface area contributed by atoms with Crippen LogP contribution in [0.3, 0.4) is 0 Å². The average molecular weight is 746 g/mol. The van der Waals surface area contributed by atoms with Crippen LogP contribution in [-0.4, -0.2) is 87.6 Å². The molecule has 0 spiro atoms. The molecule has 302 valence electrons. The lowest BCUT2D eigenvalue weighted by atomic mass is 10.1. The first-order valence-electron chi connectivity index (χ1n) is 20.8. The number of ether oxygens (including phenoxy) is 4. The number of unbranched alkanes of at least 4 members (excludes halogenated alkanes) is 17. The monoisotopic (exact) mass is 746 g/mol. The van der Waals surface area contributed by atoms with Crippen LogP contribution < -0.4 is 16.8 Å². The number of carbonyl (C=O) groups excluding carboxylic acids is 3. The fourth-order valence-electron chi connectivity index (χ4n) is 5.50. The predicted octanol–water partition coefficient (Wildman–Crippen LogP) is 8.01. The zero-order chi connectivity index (χ0) is 37.5. The highest BCUT2D eigenvalue weighted by Crippen LogP contribution is 2.14. The Labute approximate surface area is 316 Å². The van der Waals surface area contributed by atoms with E-state index in [0.29, 0.717) is 63.7 Å². The fourth-order valence-corrected chi connectivity index (χ4v) is 6.46.